The van der Waals surface area contributed by atoms with Crippen molar-refractivity contribution in [2.45, 2.75) is 33.3 Å². The summed E-state index contributed by atoms with van der Waals surface area (Å²) in [7, 11) is -0.777. The van der Waals surface area contributed by atoms with E-state index >= 15 is 0 Å². The Bertz CT molecular complexity index is 3360. The number of methoxy groups -OCH3 is 4. The van der Waals surface area contributed by atoms with E-state index < -0.39 is 22.5 Å². The molecule has 7 aromatic rings. The number of benzene rings is 7. The minimum absolute atomic E-state index is 0.0195. The molecule has 0 aromatic heterocycles. The monoisotopic (exact) mass is 996 g/mol. The van der Waals surface area contributed by atoms with Gasteiger partial charge in [-0.3, -0.25) is 18.6 Å². The van der Waals surface area contributed by atoms with Gasteiger partial charge in [0.1, 0.15) is 34.5 Å². The normalized spacial score (nSPS) is 13.4. The molecule has 7 aromatic carbocycles. The summed E-state index contributed by atoms with van der Waals surface area (Å²) in [5.74, 6) is 0.179. The van der Waals surface area contributed by atoms with Crippen LogP contribution in [0, 0.1) is 20.9 Å². The third kappa shape index (κ3) is 10.9. The van der Waals surface area contributed by atoms with E-state index in [0.717, 1.165) is 0 Å². The van der Waals surface area contributed by atoms with Crippen molar-refractivity contribution in [3.63, 3.8) is 0 Å². The minimum Gasteiger partial charge on any atom is -0.558 e. The highest BCUT2D eigenvalue weighted by Crippen LogP contribution is 2.56. The average molecular weight is 997 g/mol. The Kier molecular flexibility index (Phi) is 16.1. The number of rotatable bonds is 17. The van der Waals surface area contributed by atoms with E-state index in [2.05, 4.69) is 0 Å². The fourth-order valence-corrected chi connectivity index (χ4v) is 9.80. The highest BCUT2D eigenvalue weighted by atomic mass is 31.2. The Morgan fingerprint density at radius 3 is 1.37 bits per heavy atom. The first-order valence-electron chi connectivity index (χ1n) is 21.9. The Hall–Kier alpha value is -7.73. The van der Waals surface area contributed by atoms with Gasteiger partial charge in [0.15, 0.2) is 22.9 Å². The predicted molar refractivity (Wildman–Crippen MR) is 267 cm³/mol. The summed E-state index contributed by atoms with van der Waals surface area (Å²) in [6, 6.07) is 40.1. The lowest BCUT2D eigenvalue weighted by Gasteiger charge is -2.38. The van der Waals surface area contributed by atoms with Crippen LogP contribution in [0.1, 0.15) is 65.1 Å². The summed E-state index contributed by atoms with van der Waals surface area (Å²) in [6.45, 7) is 5.76. The smallest absolute Gasteiger partial charge is 0.539 e. The van der Waals surface area contributed by atoms with E-state index in [0.29, 0.717) is 60.2 Å². The van der Waals surface area contributed by atoms with E-state index in [4.69, 9.17) is 37.0 Å². The van der Waals surface area contributed by atoms with Crippen molar-refractivity contribution >= 4 is 39.9 Å². The number of aliphatic hydroxyl groups excluding tert-OH is 2. The minimum atomic E-state index is -3.67. The van der Waals surface area contributed by atoms with Crippen molar-refractivity contribution in [3.8, 4) is 40.2 Å². The topological polar surface area (TPSA) is 189 Å². The second kappa shape index (κ2) is 22.4. The van der Waals surface area contributed by atoms with Gasteiger partial charge in [0.05, 0.1) is 56.6 Å². The Morgan fingerprint density at radius 2 is 0.944 bits per heavy atom. The van der Waals surface area contributed by atoms with Crippen molar-refractivity contribution in [3.05, 3.63) is 205 Å². The standard InChI is InChI=1S/C55H50O14P2/c1-33(56)43-23-19-39(62-5)29-48(43)47-27-28-50(66-70(60)61)54(53(47)49-30-40(63-6)20-24-44(49)34(2)57)55(37-15-11-9-12-16-37,38-17-13-10-14-18-38)69-71(67-51-31-41(64-7)21-25-45(51)35(3)58)68-52-32-42(65-8)22-26-46(52)36(4)59/h9-32,56-57H,1-8H3. The molecule has 364 valence electrons. The molecule has 0 bridgehead atoms. The number of ether oxygens (including phenoxy) is 4. The molecule has 0 aliphatic carbocycles. The maximum atomic E-state index is 13.4. The molecule has 7 rings (SSSR count). The molecular weight excluding hydrogens is 947 g/mol. The highest BCUT2D eigenvalue weighted by Gasteiger charge is 2.47. The van der Waals surface area contributed by atoms with Gasteiger partial charge in [-0.1, -0.05) is 60.7 Å². The van der Waals surface area contributed by atoms with Gasteiger partial charge in [0.25, 0.3) is 0 Å². The molecule has 0 saturated heterocycles. The molecular formula is C55H50O14P2. The molecule has 0 amide bonds. The lowest BCUT2D eigenvalue weighted by molar-refractivity contribution is -0.178. The molecule has 0 aliphatic rings. The van der Waals surface area contributed by atoms with E-state index in [-0.39, 0.29) is 62.2 Å². The predicted octanol–water partition coefficient (Wildman–Crippen LogP) is 10.2. The molecule has 71 heavy (non-hydrogen) atoms. The van der Waals surface area contributed by atoms with Crippen LogP contribution in [0.4, 0.5) is 0 Å². The third-order valence-electron chi connectivity index (χ3n) is 11.5. The van der Waals surface area contributed by atoms with Gasteiger partial charge in [-0.05, 0) is 132 Å². The lowest BCUT2D eigenvalue weighted by atomic mass is 9.78. The van der Waals surface area contributed by atoms with E-state index in [1.165, 1.54) is 86.5 Å². The number of carbonyl (C=O) groups excluding carboxylic acids is 2. The SMILES string of the molecule is COc1ccc(C(C)=O)c(OP(Oc2cc(OC)ccc2C(C)=O)OC(c2ccccc2)(c2ccccc2)c2c(O[P+](=O)[O-])ccc(=c3cc(OC)ccc3=C(C)O)c2=c2cc(OC)ccc2=C(C)O)c1. The summed E-state index contributed by atoms with van der Waals surface area (Å²) in [6.07, 6.45) is 0. The molecule has 0 aliphatic heterocycles. The lowest BCUT2D eigenvalue weighted by Crippen LogP contribution is -2.34. The van der Waals surface area contributed by atoms with Crippen LogP contribution in [0.25, 0.3) is 11.5 Å². The van der Waals surface area contributed by atoms with Gasteiger partial charge in [0.2, 0.25) is 0 Å². The van der Waals surface area contributed by atoms with Gasteiger partial charge in [-0.2, -0.15) is 0 Å². The summed E-state index contributed by atoms with van der Waals surface area (Å²) in [5, 5.41) is 24.9. The van der Waals surface area contributed by atoms with Gasteiger partial charge in [-0.15, -0.1) is 0 Å². The average Bonchev–Trinajstić information content (AvgIpc) is 3.37. The number of hydrogen-bond donors (Lipinski definition) is 2. The maximum Gasteiger partial charge on any atom is 0.539 e. The fraction of sp³-hybridized carbons (Fsp3) is 0.164. The first-order chi connectivity index (χ1) is 34.1. The van der Waals surface area contributed by atoms with Gasteiger partial charge in [-0.25, -0.2) is 0 Å². The second-order valence-corrected chi connectivity index (χ2v) is 17.5. The summed E-state index contributed by atoms with van der Waals surface area (Å²) >= 11 is 0. The van der Waals surface area contributed by atoms with E-state index in [1.807, 2.05) is 0 Å². The zero-order chi connectivity index (χ0) is 51.0. The zero-order valence-electron chi connectivity index (χ0n) is 40.0. The van der Waals surface area contributed by atoms with Crippen molar-refractivity contribution in [1.82, 2.24) is 0 Å². The van der Waals surface area contributed by atoms with Crippen LogP contribution in [0.15, 0.2) is 146 Å². The maximum absolute atomic E-state index is 13.4. The Balaban J connectivity index is 1.84. The molecule has 1 unspecified atom stereocenters. The summed E-state index contributed by atoms with van der Waals surface area (Å²) < 4.78 is 63.1. The van der Waals surface area contributed by atoms with Crippen LogP contribution in [0.5, 0.6) is 40.2 Å². The summed E-state index contributed by atoms with van der Waals surface area (Å²) in [5.41, 5.74) is -1.10. The van der Waals surface area contributed by atoms with E-state index in [9.17, 15) is 29.3 Å². The first kappa shape index (κ1) is 51.1. The van der Waals surface area contributed by atoms with Gasteiger partial charge >= 0.3 is 16.9 Å². The van der Waals surface area contributed by atoms with Gasteiger partial charge < -0.3 is 43.1 Å². The first-order valence-corrected chi connectivity index (χ1v) is 24.1. The van der Waals surface area contributed by atoms with E-state index in [1.54, 1.807) is 115 Å². The third-order valence-corrected chi connectivity index (χ3v) is 13.0. The Morgan fingerprint density at radius 1 is 0.521 bits per heavy atom. The van der Waals surface area contributed by atoms with Crippen LogP contribution in [0.2, 0.25) is 0 Å². The number of carbonyl (C=O) groups is 2. The number of hydrogen-bond acceptors (Lipinski definition) is 14. The number of Topliss-reactive ketones (excluding diaryl/α,β-unsaturated/α-hetero) is 2. The van der Waals surface area contributed by atoms with Crippen LogP contribution in [0.3, 0.4) is 0 Å². The van der Waals surface area contributed by atoms with Crippen molar-refractivity contribution in [2.24, 2.45) is 0 Å². The van der Waals surface area contributed by atoms with Crippen LogP contribution in [-0.2, 0) is 14.7 Å². The molecule has 1 atom stereocenters. The number of aliphatic hydroxyl groups is 2. The largest absolute Gasteiger partial charge is 0.558 e. The zero-order valence-corrected chi connectivity index (χ0v) is 41.8. The Labute approximate surface area is 411 Å². The van der Waals surface area contributed by atoms with Crippen LogP contribution >= 0.6 is 16.9 Å². The highest BCUT2D eigenvalue weighted by molar-refractivity contribution is 7.42. The molecule has 0 saturated carbocycles. The molecule has 0 fully saturated rings. The number of ketones is 2. The van der Waals surface area contributed by atoms with Crippen molar-refractivity contribution in [1.29, 1.82) is 0 Å². The van der Waals surface area contributed by atoms with Crippen LogP contribution in [-0.4, -0.2) is 50.2 Å². The fourth-order valence-electron chi connectivity index (χ4n) is 8.23. The molecule has 2 N–H and O–H groups in total. The molecule has 0 heterocycles. The molecule has 16 heteroatoms. The van der Waals surface area contributed by atoms with Crippen molar-refractivity contribution in [2.75, 3.05) is 28.4 Å². The van der Waals surface area contributed by atoms with Crippen molar-refractivity contribution < 1.29 is 66.3 Å². The second-order valence-electron chi connectivity index (χ2n) is 15.9. The van der Waals surface area contributed by atoms with Crippen LogP contribution < -0.4 is 47.8 Å². The molecule has 14 nitrogen and oxygen atoms in total. The molecule has 0 spiro atoms. The quantitative estimate of drug-likeness (QED) is 0.0498. The van der Waals surface area contributed by atoms with Gasteiger partial charge in [0, 0.05) is 27.8 Å². The molecule has 0 radical (unpaired) electrons. The summed E-state index contributed by atoms with van der Waals surface area (Å²) in [4.78, 5) is 39.9.